The van der Waals surface area contributed by atoms with Gasteiger partial charge in [0.15, 0.2) is 0 Å². The van der Waals surface area contributed by atoms with Crippen LogP contribution < -0.4 is 10.1 Å². The molecular weight excluding hydrogens is 318 g/mol. The first-order valence-electron chi connectivity index (χ1n) is 5.52. The van der Waals surface area contributed by atoms with Crippen molar-refractivity contribution in [1.82, 2.24) is 0 Å². The monoisotopic (exact) mass is 333 g/mol. The van der Waals surface area contributed by atoms with Gasteiger partial charge in [0.05, 0.1) is 32.6 Å². The standard InChI is InChI=1S/C12H16BrNO5/c1-18-11-4-10(14-5-7(16)6-15)9(13)3-8(11)12(17)19-2/h3-4,7,14-16H,5-6H2,1-2H3. The highest BCUT2D eigenvalue weighted by Gasteiger charge is 2.16. The minimum Gasteiger partial charge on any atom is -0.496 e. The molecule has 0 aromatic heterocycles. The number of rotatable bonds is 6. The first-order chi connectivity index (χ1) is 9.03. The zero-order chi connectivity index (χ0) is 14.4. The first kappa shape index (κ1) is 15.7. The van der Waals surface area contributed by atoms with Crippen molar-refractivity contribution < 1.29 is 24.5 Å². The quantitative estimate of drug-likeness (QED) is 0.673. The van der Waals surface area contributed by atoms with Gasteiger partial charge in [0.1, 0.15) is 11.3 Å². The number of aliphatic hydroxyl groups is 2. The Kier molecular flexibility index (Phi) is 6.07. The van der Waals surface area contributed by atoms with Crippen molar-refractivity contribution in [2.45, 2.75) is 6.10 Å². The van der Waals surface area contributed by atoms with Gasteiger partial charge in [-0.05, 0) is 22.0 Å². The molecule has 0 fully saturated rings. The fourth-order valence-corrected chi connectivity index (χ4v) is 1.90. The molecule has 106 valence electrons. The summed E-state index contributed by atoms with van der Waals surface area (Å²) in [6, 6.07) is 3.18. The summed E-state index contributed by atoms with van der Waals surface area (Å²) in [6.07, 6.45) is -0.863. The lowest BCUT2D eigenvalue weighted by atomic mass is 10.1. The summed E-state index contributed by atoms with van der Waals surface area (Å²) in [7, 11) is 2.74. The fourth-order valence-electron chi connectivity index (χ4n) is 1.42. The number of halogens is 1. The van der Waals surface area contributed by atoms with Crippen molar-refractivity contribution in [3.8, 4) is 5.75 Å². The molecule has 0 heterocycles. The predicted molar refractivity (Wildman–Crippen MR) is 73.6 cm³/mol. The molecule has 6 nitrogen and oxygen atoms in total. The van der Waals surface area contributed by atoms with E-state index in [0.717, 1.165) is 0 Å². The molecule has 0 aliphatic heterocycles. The number of hydrogen-bond acceptors (Lipinski definition) is 6. The Labute approximate surface area is 119 Å². The molecule has 0 aliphatic rings. The highest BCUT2D eigenvalue weighted by Crippen LogP contribution is 2.31. The van der Waals surface area contributed by atoms with Gasteiger partial charge in [-0.25, -0.2) is 4.79 Å². The molecule has 3 N–H and O–H groups in total. The summed E-state index contributed by atoms with van der Waals surface area (Å²) < 4.78 is 10.4. The van der Waals surface area contributed by atoms with Gasteiger partial charge in [-0.1, -0.05) is 0 Å². The second-order valence-electron chi connectivity index (χ2n) is 3.74. The van der Waals surface area contributed by atoms with Crippen LogP contribution in [0.4, 0.5) is 5.69 Å². The Balaban J connectivity index is 2.99. The zero-order valence-corrected chi connectivity index (χ0v) is 12.2. The summed E-state index contributed by atoms with van der Waals surface area (Å²) in [4.78, 5) is 11.6. The molecule has 0 aliphatic carbocycles. The number of esters is 1. The molecule has 0 saturated heterocycles. The van der Waals surface area contributed by atoms with Gasteiger partial charge in [-0.15, -0.1) is 0 Å². The Bertz CT molecular complexity index is 452. The van der Waals surface area contributed by atoms with Crippen LogP contribution in [0, 0.1) is 0 Å². The second-order valence-corrected chi connectivity index (χ2v) is 4.60. The van der Waals surface area contributed by atoms with E-state index in [2.05, 4.69) is 26.0 Å². The molecule has 0 saturated carbocycles. The zero-order valence-electron chi connectivity index (χ0n) is 10.6. The predicted octanol–water partition coefficient (Wildman–Crippen LogP) is 1.01. The lowest BCUT2D eigenvalue weighted by Crippen LogP contribution is -2.23. The van der Waals surface area contributed by atoms with Crippen molar-refractivity contribution in [2.75, 3.05) is 32.7 Å². The van der Waals surface area contributed by atoms with Crippen molar-refractivity contribution in [1.29, 1.82) is 0 Å². The SMILES string of the molecule is COC(=O)c1cc(Br)c(NCC(O)CO)cc1OC. The van der Waals surface area contributed by atoms with E-state index in [1.54, 1.807) is 12.1 Å². The molecule has 1 unspecified atom stereocenters. The van der Waals surface area contributed by atoms with Crippen LogP contribution in [0.25, 0.3) is 0 Å². The topological polar surface area (TPSA) is 88.0 Å². The maximum Gasteiger partial charge on any atom is 0.341 e. The summed E-state index contributed by atoms with van der Waals surface area (Å²) in [5.41, 5.74) is 0.933. The van der Waals surface area contributed by atoms with Crippen molar-refractivity contribution >= 4 is 27.6 Å². The van der Waals surface area contributed by atoms with E-state index in [9.17, 15) is 9.90 Å². The highest BCUT2D eigenvalue weighted by atomic mass is 79.9. The van der Waals surface area contributed by atoms with Crippen LogP contribution in [-0.4, -0.2) is 49.7 Å². The smallest absolute Gasteiger partial charge is 0.341 e. The van der Waals surface area contributed by atoms with E-state index in [4.69, 9.17) is 9.84 Å². The van der Waals surface area contributed by atoms with Gasteiger partial charge in [0, 0.05) is 17.1 Å². The van der Waals surface area contributed by atoms with Crippen LogP contribution in [0.1, 0.15) is 10.4 Å². The van der Waals surface area contributed by atoms with Crippen LogP contribution in [0.5, 0.6) is 5.75 Å². The summed E-state index contributed by atoms with van der Waals surface area (Å²) >= 11 is 3.31. The third kappa shape index (κ3) is 4.09. The maximum absolute atomic E-state index is 11.6. The lowest BCUT2D eigenvalue weighted by Gasteiger charge is -2.14. The average Bonchev–Trinajstić information content (AvgIpc) is 2.44. The lowest BCUT2D eigenvalue weighted by molar-refractivity contribution is 0.0597. The van der Waals surface area contributed by atoms with E-state index in [0.29, 0.717) is 21.5 Å². The van der Waals surface area contributed by atoms with Gasteiger partial charge in [0.2, 0.25) is 0 Å². The molecule has 0 radical (unpaired) electrons. The van der Waals surface area contributed by atoms with Crippen LogP contribution in [0.3, 0.4) is 0 Å². The number of anilines is 1. The highest BCUT2D eigenvalue weighted by molar-refractivity contribution is 9.10. The Hall–Kier alpha value is -1.31. The summed E-state index contributed by atoms with van der Waals surface area (Å²) in [5.74, 6) is -0.143. The minimum atomic E-state index is -0.863. The number of aliphatic hydroxyl groups excluding tert-OH is 2. The molecule has 1 aromatic rings. The van der Waals surface area contributed by atoms with Crippen molar-refractivity contribution in [2.24, 2.45) is 0 Å². The third-order valence-electron chi connectivity index (χ3n) is 2.43. The molecule has 1 rings (SSSR count). The fraction of sp³-hybridized carbons (Fsp3) is 0.417. The number of methoxy groups -OCH3 is 2. The Morgan fingerprint density at radius 1 is 1.47 bits per heavy atom. The maximum atomic E-state index is 11.6. The number of benzene rings is 1. The molecule has 19 heavy (non-hydrogen) atoms. The van der Waals surface area contributed by atoms with Gasteiger partial charge in [-0.3, -0.25) is 0 Å². The number of carbonyl (C=O) groups excluding carboxylic acids is 1. The molecule has 0 amide bonds. The summed E-state index contributed by atoms with van der Waals surface area (Å²) in [5, 5.41) is 21.0. The van der Waals surface area contributed by atoms with Crippen molar-refractivity contribution in [3.63, 3.8) is 0 Å². The van der Waals surface area contributed by atoms with Crippen molar-refractivity contribution in [3.05, 3.63) is 22.2 Å². The third-order valence-corrected chi connectivity index (χ3v) is 3.09. The molecule has 7 heteroatoms. The average molecular weight is 334 g/mol. The van der Waals surface area contributed by atoms with Gasteiger partial charge >= 0.3 is 5.97 Å². The van der Waals surface area contributed by atoms with E-state index in [1.165, 1.54) is 14.2 Å². The van der Waals surface area contributed by atoms with Crippen LogP contribution in [0.15, 0.2) is 16.6 Å². The van der Waals surface area contributed by atoms with Crippen LogP contribution in [0.2, 0.25) is 0 Å². The Morgan fingerprint density at radius 2 is 2.16 bits per heavy atom. The van der Waals surface area contributed by atoms with E-state index < -0.39 is 12.1 Å². The summed E-state index contributed by atoms with van der Waals surface area (Å²) in [6.45, 7) is -0.155. The van der Waals surface area contributed by atoms with E-state index in [1.807, 2.05) is 0 Å². The largest absolute Gasteiger partial charge is 0.496 e. The number of ether oxygens (including phenoxy) is 2. The number of nitrogens with one attached hydrogen (secondary N) is 1. The molecule has 0 bridgehead atoms. The molecule has 1 atom stereocenters. The van der Waals surface area contributed by atoms with Crippen LogP contribution in [-0.2, 0) is 4.74 Å². The Morgan fingerprint density at radius 3 is 2.68 bits per heavy atom. The second kappa shape index (κ2) is 7.32. The first-order valence-corrected chi connectivity index (χ1v) is 6.31. The number of hydrogen-bond donors (Lipinski definition) is 3. The van der Waals surface area contributed by atoms with Crippen LogP contribution >= 0.6 is 15.9 Å². The van der Waals surface area contributed by atoms with Gasteiger partial charge < -0.3 is 25.0 Å². The van der Waals surface area contributed by atoms with Gasteiger partial charge in [0.25, 0.3) is 0 Å². The molecular formula is C12H16BrNO5. The molecule has 0 spiro atoms. The minimum absolute atomic E-state index is 0.176. The van der Waals surface area contributed by atoms with Gasteiger partial charge in [-0.2, -0.15) is 0 Å². The van der Waals surface area contributed by atoms with E-state index >= 15 is 0 Å². The number of carbonyl (C=O) groups is 1. The normalized spacial score (nSPS) is 11.8. The molecule has 1 aromatic carbocycles. The van der Waals surface area contributed by atoms with E-state index in [-0.39, 0.29) is 13.2 Å².